The smallest absolute Gasteiger partial charge is 0.254 e. The summed E-state index contributed by atoms with van der Waals surface area (Å²) < 4.78 is 10.9. The highest BCUT2D eigenvalue weighted by atomic mass is 16.5. The number of rotatable bonds is 7. The first-order valence-corrected chi connectivity index (χ1v) is 9.42. The van der Waals surface area contributed by atoms with Crippen molar-refractivity contribution in [3.63, 3.8) is 0 Å². The van der Waals surface area contributed by atoms with Gasteiger partial charge in [-0.05, 0) is 49.6 Å². The lowest BCUT2D eigenvalue weighted by Crippen LogP contribution is -2.34. The molecule has 0 bridgehead atoms. The van der Waals surface area contributed by atoms with Crippen molar-refractivity contribution in [3.8, 4) is 5.75 Å². The second-order valence-corrected chi connectivity index (χ2v) is 6.90. The molecule has 1 amide bonds. The number of amides is 1. The monoisotopic (exact) mass is 369 g/mol. The Hall–Kier alpha value is -2.37. The van der Waals surface area contributed by atoms with Crippen LogP contribution < -0.4 is 4.74 Å². The second kappa shape index (κ2) is 8.55. The minimum Gasteiger partial charge on any atom is -0.491 e. The zero-order chi connectivity index (χ0) is 19.3. The van der Waals surface area contributed by atoms with Crippen LogP contribution in [0.1, 0.15) is 34.8 Å². The molecule has 1 aliphatic heterocycles. The third-order valence-electron chi connectivity index (χ3n) is 4.96. The summed E-state index contributed by atoms with van der Waals surface area (Å²) in [5, 5.41) is 11.1. The molecule has 3 rings (SSSR count). The van der Waals surface area contributed by atoms with Crippen molar-refractivity contribution in [2.45, 2.75) is 25.9 Å². The summed E-state index contributed by atoms with van der Waals surface area (Å²) in [7, 11) is 0. The molecule has 27 heavy (non-hydrogen) atoms. The Bertz CT molecular complexity index is 791. The topological polar surface area (TPSA) is 59.0 Å². The van der Waals surface area contributed by atoms with Gasteiger partial charge in [-0.3, -0.25) is 4.79 Å². The van der Waals surface area contributed by atoms with Crippen LogP contribution in [0.25, 0.3) is 0 Å². The fourth-order valence-electron chi connectivity index (χ4n) is 3.55. The molecule has 1 fully saturated rings. The molecule has 1 unspecified atom stereocenters. The normalized spacial score (nSPS) is 19.3. The molecule has 144 valence electrons. The van der Waals surface area contributed by atoms with Crippen LogP contribution in [0.4, 0.5) is 0 Å². The van der Waals surface area contributed by atoms with Crippen LogP contribution in [0.5, 0.6) is 5.75 Å². The average Bonchev–Trinajstić information content (AvgIpc) is 3.08. The number of hydrogen-bond donors (Lipinski definition) is 1. The molecule has 0 aromatic heterocycles. The van der Waals surface area contributed by atoms with Gasteiger partial charge in [0.05, 0.1) is 13.2 Å². The van der Waals surface area contributed by atoms with E-state index in [2.05, 4.69) is 0 Å². The van der Waals surface area contributed by atoms with E-state index in [-0.39, 0.29) is 5.91 Å². The Morgan fingerprint density at radius 2 is 2.00 bits per heavy atom. The van der Waals surface area contributed by atoms with E-state index in [0.717, 1.165) is 11.1 Å². The van der Waals surface area contributed by atoms with E-state index in [1.807, 2.05) is 50.2 Å². The van der Waals surface area contributed by atoms with Crippen LogP contribution >= 0.6 is 0 Å². The summed E-state index contributed by atoms with van der Waals surface area (Å²) in [6.07, 6.45) is 0.536. The van der Waals surface area contributed by atoms with Crippen LogP contribution in [0, 0.1) is 6.92 Å². The molecule has 0 saturated carbocycles. The lowest BCUT2D eigenvalue weighted by atomic mass is 9.89. The van der Waals surface area contributed by atoms with Gasteiger partial charge in [0.25, 0.3) is 5.91 Å². The maximum absolute atomic E-state index is 12.9. The summed E-state index contributed by atoms with van der Waals surface area (Å²) in [5.41, 5.74) is 1.51. The van der Waals surface area contributed by atoms with Gasteiger partial charge < -0.3 is 19.5 Å². The van der Waals surface area contributed by atoms with E-state index in [0.29, 0.717) is 50.6 Å². The molecule has 0 radical (unpaired) electrons. The van der Waals surface area contributed by atoms with Gasteiger partial charge in [0.15, 0.2) is 0 Å². The van der Waals surface area contributed by atoms with Crippen LogP contribution in [0.15, 0.2) is 48.5 Å². The number of hydrogen-bond acceptors (Lipinski definition) is 4. The Balaban J connectivity index is 1.67. The van der Waals surface area contributed by atoms with Crippen molar-refractivity contribution in [1.29, 1.82) is 0 Å². The molecular weight excluding hydrogens is 342 g/mol. The maximum Gasteiger partial charge on any atom is 0.254 e. The first-order chi connectivity index (χ1) is 13.0. The molecule has 5 heteroatoms. The maximum atomic E-state index is 12.9. The zero-order valence-electron chi connectivity index (χ0n) is 16.0. The average molecular weight is 369 g/mol. The van der Waals surface area contributed by atoms with Gasteiger partial charge in [0.2, 0.25) is 0 Å². The highest BCUT2D eigenvalue weighted by Gasteiger charge is 2.40. The quantitative estimate of drug-likeness (QED) is 0.762. The number of aliphatic hydroxyl groups is 1. The predicted octanol–water partition coefficient (Wildman–Crippen LogP) is 3.14. The largest absolute Gasteiger partial charge is 0.491 e. The second-order valence-electron chi connectivity index (χ2n) is 6.90. The molecule has 1 atom stereocenters. The molecule has 1 aliphatic rings. The number of ether oxygens (including phenoxy) is 2. The van der Waals surface area contributed by atoms with Gasteiger partial charge in [0.1, 0.15) is 18.0 Å². The SMILES string of the molecule is CCOCCOc1cccc(C(=O)N2CCC(O)(c3ccccc3C)C2)c1. The minimum absolute atomic E-state index is 0.0882. The molecule has 0 spiro atoms. The van der Waals surface area contributed by atoms with Crippen LogP contribution in [0.2, 0.25) is 0 Å². The molecule has 1 heterocycles. The number of nitrogens with zero attached hydrogens (tertiary/aromatic N) is 1. The third kappa shape index (κ3) is 4.49. The van der Waals surface area contributed by atoms with Crippen LogP contribution in [0.3, 0.4) is 0 Å². The fourth-order valence-corrected chi connectivity index (χ4v) is 3.55. The summed E-state index contributed by atoms with van der Waals surface area (Å²) in [4.78, 5) is 14.6. The minimum atomic E-state index is -0.993. The number of likely N-dealkylation sites (tertiary alicyclic amines) is 1. The van der Waals surface area contributed by atoms with E-state index in [1.165, 1.54) is 0 Å². The molecule has 0 aliphatic carbocycles. The van der Waals surface area contributed by atoms with Gasteiger partial charge in [0, 0.05) is 18.7 Å². The molecule has 1 N–H and O–H groups in total. The Morgan fingerprint density at radius 3 is 2.78 bits per heavy atom. The summed E-state index contributed by atoms with van der Waals surface area (Å²) in [5.74, 6) is 0.559. The fraction of sp³-hybridized carbons (Fsp3) is 0.409. The number of carbonyl (C=O) groups is 1. The number of benzene rings is 2. The summed E-state index contributed by atoms with van der Waals surface area (Å²) in [6.45, 7) is 6.37. The van der Waals surface area contributed by atoms with E-state index in [9.17, 15) is 9.90 Å². The van der Waals surface area contributed by atoms with Crippen molar-refractivity contribution < 1.29 is 19.4 Å². The van der Waals surface area contributed by atoms with Gasteiger partial charge >= 0.3 is 0 Å². The molecule has 2 aromatic rings. The molecular formula is C22H27NO4. The predicted molar refractivity (Wildman–Crippen MR) is 104 cm³/mol. The van der Waals surface area contributed by atoms with Crippen molar-refractivity contribution in [2.75, 3.05) is 32.9 Å². The van der Waals surface area contributed by atoms with E-state index in [1.54, 1.807) is 17.0 Å². The van der Waals surface area contributed by atoms with E-state index >= 15 is 0 Å². The van der Waals surface area contributed by atoms with Crippen molar-refractivity contribution in [3.05, 3.63) is 65.2 Å². The number of aryl methyl sites for hydroxylation is 1. The zero-order valence-corrected chi connectivity index (χ0v) is 16.0. The van der Waals surface area contributed by atoms with Crippen molar-refractivity contribution in [1.82, 2.24) is 4.90 Å². The lowest BCUT2D eigenvalue weighted by molar-refractivity contribution is 0.0412. The summed E-state index contributed by atoms with van der Waals surface area (Å²) >= 11 is 0. The van der Waals surface area contributed by atoms with E-state index < -0.39 is 5.60 Å². The third-order valence-corrected chi connectivity index (χ3v) is 4.96. The van der Waals surface area contributed by atoms with Crippen molar-refractivity contribution >= 4 is 5.91 Å². The Labute approximate surface area is 160 Å². The van der Waals surface area contributed by atoms with Gasteiger partial charge in [-0.15, -0.1) is 0 Å². The van der Waals surface area contributed by atoms with Gasteiger partial charge in [-0.2, -0.15) is 0 Å². The van der Waals surface area contributed by atoms with E-state index in [4.69, 9.17) is 9.47 Å². The number of β-amino-alcohol motifs (C(OH)–C–C–N with tert-alkyl or cyclic N) is 1. The first kappa shape index (κ1) is 19.4. The molecule has 2 aromatic carbocycles. The Kier molecular flexibility index (Phi) is 6.14. The van der Waals surface area contributed by atoms with Gasteiger partial charge in [-0.25, -0.2) is 0 Å². The van der Waals surface area contributed by atoms with Crippen LogP contribution in [-0.4, -0.2) is 48.8 Å². The standard InChI is InChI=1S/C22H27NO4/c1-3-26-13-14-27-19-9-6-8-18(15-19)21(24)23-12-11-22(25,16-23)20-10-5-4-7-17(20)2/h4-10,15,25H,3,11-14,16H2,1-2H3. The van der Waals surface area contributed by atoms with Gasteiger partial charge in [-0.1, -0.05) is 30.3 Å². The molecule has 5 nitrogen and oxygen atoms in total. The molecule has 1 saturated heterocycles. The number of carbonyl (C=O) groups excluding carboxylic acids is 1. The van der Waals surface area contributed by atoms with Crippen LogP contribution in [-0.2, 0) is 10.3 Å². The summed E-state index contributed by atoms with van der Waals surface area (Å²) in [6, 6.07) is 15.0. The van der Waals surface area contributed by atoms with Crippen molar-refractivity contribution in [2.24, 2.45) is 0 Å². The highest BCUT2D eigenvalue weighted by molar-refractivity contribution is 5.94. The Morgan fingerprint density at radius 1 is 1.19 bits per heavy atom. The first-order valence-electron chi connectivity index (χ1n) is 9.42. The lowest BCUT2D eigenvalue weighted by Gasteiger charge is -2.25. The highest BCUT2D eigenvalue weighted by Crippen LogP contribution is 2.34.